The number of hydrogen-bond donors (Lipinski definition) is 2. The average molecular weight is 365 g/mol. The van der Waals surface area contributed by atoms with Crippen molar-refractivity contribution in [2.45, 2.75) is 0 Å². The first kappa shape index (κ1) is 17.3. The van der Waals surface area contributed by atoms with E-state index in [0.29, 0.717) is 16.9 Å². The Labute approximate surface area is 161 Å². The molecular formula is C23H15N3O2. The fraction of sp³-hybridized carbons (Fsp3) is 0. The van der Waals surface area contributed by atoms with E-state index in [9.17, 15) is 9.59 Å². The lowest BCUT2D eigenvalue weighted by atomic mass is 10.1. The van der Waals surface area contributed by atoms with Gasteiger partial charge in [0.15, 0.2) is 0 Å². The smallest absolute Gasteiger partial charge is 0.261 e. The van der Waals surface area contributed by atoms with E-state index in [2.05, 4.69) is 27.1 Å². The third-order valence-corrected chi connectivity index (χ3v) is 4.12. The van der Waals surface area contributed by atoms with Crippen molar-refractivity contribution < 1.29 is 4.79 Å². The number of pyridine rings is 2. The number of aromatic nitrogens is 2. The summed E-state index contributed by atoms with van der Waals surface area (Å²) in [5, 5.41) is 3.55. The number of amides is 1. The summed E-state index contributed by atoms with van der Waals surface area (Å²) in [7, 11) is 0. The lowest BCUT2D eigenvalue weighted by Gasteiger charge is -2.06. The number of fused-ring (bicyclic) bond motifs is 1. The van der Waals surface area contributed by atoms with Crippen molar-refractivity contribution in [1.29, 1.82) is 0 Å². The molecule has 4 aromatic rings. The van der Waals surface area contributed by atoms with E-state index in [1.54, 1.807) is 36.5 Å². The minimum Gasteiger partial charge on any atom is -0.322 e. The minimum absolute atomic E-state index is 0.0590. The number of rotatable bonds is 2. The predicted molar refractivity (Wildman–Crippen MR) is 109 cm³/mol. The third kappa shape index (κ3) is 3.81. The second-order valence-corrected chi connectivity index (χ2v) is 6.10. The van der Waals surface area contributed by atoms with Crippen LogP contribution in [0.3, 0.4) is 0 Å². The first-order chi connectivity index (χ1) is 13.7. The Balaban J connectivity index is 1.58. The number of carbonyl (C=O) groups is 1. The molecule has 0 saturated heterocycles. The van der Waals surface area contributed by atoms with Gasteiger partial charge in [0.2, 0.25) is 0 Å². The van der Waals surface area contributed by atoms with Gasteiger partial charge in [-0.15, -0.1) is 0 Å². The standard InChI is InChI=1S/C23H15N3O2/c27-22(20-15-17-7-1-2-10-21(17)26-23(20)28)25-19-9-5-6-16(14-19)11-12-18-8-3-4-13-24-18/h1-10,13-15H,(H,25,27)(H,26,28). The number of para-hydroxylation sites is 1. The van der Waals surface area contributed by atoms with Gasteiger partial charge in [0.1, 0.15) is 11.3 Å². The minimum atomic E-state index is -0.471. The van der Waals surface area contributed by atoms with Crippen LogP contribution in [-0.4, -0.2) is 15.9 Å². The molecule has 28 heavy (non-hydrogen) atoms. The lowest BCUT2D eigenvalue weighted by Crippen LogP contribution is -2.23. The number of hydrogen-bond acceptors (Lipinski definition) is 3. The monoisotopic (exact) mass is 365 g/mol. The highest BCUT2D eigenvalue weighted by Crippen LogP contribution is 2.13. The highest BCUT2D eigenvalue weighted by molar-refractivity contribution is 6.05. The summed E-state index contributed by atoms with van der Waals surface area (Å²) >= 11 is 0. The van der Waals surface area contributed by atoms with Crippen molar-refractivity contribution in [2.24, 2.45) is 0 Å². The zero-order valence-corrected chi connectivity index (χ0v) is 14.8. The van der Waals surface area contributed by atoms with Crippen LogP contribution in [0.2, 0.25) is 0 Å². The molecule has 0 aliphatic carbocycles. The molecule has 0 unspecified atom stereocenters. The Bertz CT molecular complexity index is 1280. The molecule has 5 nitrogen and oxygen atoms in total. The average Bonchev–Trinajstić information content (AvgIpc) is 2.73. The molecule has 1 amide bonds. The van der Waals surface area contributed by atoms with Gasteiger partial charge in [0.05, 0.1) is 0 Å². The molecule has 0 radical (unpaired) electrons. The molecular weight excluding hydrogens is 350 g/mol. The molecule has 2 aromatic heterocycles. The highest BCUT2D eigenvalue weighted by atomic mass is 16.2. The third-order valence-electron chi connectivity index (χ3n) is 4.12. The second-order valence-electron chi connectivity index (χ2n) is 6.10. The van der Waals surface area contributed by atoms with E-state index in [1.807, 2.05) is 42.5 Å². The fourth-order valence-electron chi connectivity index (χ4n) is 2.76. The number of nitrogens with zero attached hydrogens (tertiary/aromatic N) is 1. The maximum Gasteiger partial charge on any atom is 0.261 e. The molecule has 2 heterocycles. The van der Waals surface area contributed by atoms with Crippen molar-refractivity contribution in [3.8, 4) is 11.8 Å². The summed E-state index contributed by atoms with van der Waals surface area (Å²) < 4.78 is 0. The predicted octanol–water partition coefficient (Wildman–Crippen LogP) is 3.58. The van der Waals surface area contributed by atoms with Gasteiger partial charge >= 0.3 is 0 Å². The molecule has 0 atom stereocenters. The zero-order chi connectivity index (χ0) is 19.3. The van der Waals surface area contributed by atoms with Gasteiger partial charge < -0.3 is 10.3 Å². The van der Waals surface area contributed by atoms with E-state index in [1.165, 1.54) is 0 Å². The van der Waals surface area contributed by atoms with E-state index in [0.717, 1.165) is 10.9 Å². The van der Waals surface area contributed by atoms with Gasteiger partial charge in [-0.05, 0) is 53.8 Å². The van der Waals surface area contributed by atoms with Gasteiger partial charge in [0, 0.05) is 23.0 Å². The maximum atomic E-state index is 12.6. The Hall–Kier alpha value is -4.17. The van der Waals surface area contributed by atoms with E-state index >= 15 is 0 Å². The Morgan fingerprint density at radius 2 is 1.79 bits per heavy atom. The van der Waals surface area contributed by atoms with Crippen LogP contribution < -0.4 is 10.9 Å². The molecule has 0 spiro atoms. The van der Waals surface area contributed by atoms with Gasteiger partial charge in [-0.1, -0.05) is 36.3 Å². The summed E-state index contributed by atoms with van der Waals surface area (Å²) in [6.07, 6.45) is 1.68. The summed E-state index contributed by atoms with van der Waals surface area (Å²) in [5.74, 6) is 5.52. The van der Waals surface area contributed by atoms with Crippen LogP contribution in [0.25, 0.3) is 10.9 Å². The molecule has 2 aromatic carbocycles. The van der Waals surface area contributed by atoms with Crippen molar-refractivity contribution >= 4 is 22.5 Å². The van der Waals surface area contributed by atoms with E-state index in [4.69, 9.17) is 0 Å². The van der Waals surface area contributed by atoms with Crippen LogP contribution in [0, 0.1) is 11.8 Å². The molecule has 0 aliphatic rings. The number of aromatic amines is 1. The number of carbonyl (C=O) groups excluding carboxylic acids is 1. The molecule has 2 N–H and O–H groups in total. The van der Waals surface area contributed by atoms with E-state index < -0.39 is 11.5 Å². The van der Waals surface area contributed by atoms with Crippen LogP contribution in [0.1, 0.15) is 21.6 Å². The van der Waals surface area contributed by atoms with Crippen LogP contribution >= 0.6 is 0 Å². The Morgan fingerprint density at radius 3 is 2.64 bits per heavy atom. The number of nitrogens with one attached hydrogen (secondary N) is 2. The van der Waals surface area contributed by atoms with Crippen LogP contribution in [0.5, 0.6) is 0 Å². The molecule has 5 heteroatoms. The normalized spacial score (nSPS) is 10.1. The number of H-pyrrole nitrogens is 1. The summed E-state index contributed by atoms with van der Waals surface area (Å²) in [6.45, 7) is 0. The lowest BCUT2D eigenvalue weighted by molar-refractivity contribution is 0.102. The van der Waals surface area contributed by atoms with Crippen LogP contribution in [0.4, 0.5) is 5.69 Å². The second kappa shape index (κ2) is 7.60. The summed E-state index contributed by atoms with van der Waals surface area (Å²) in [4.78, 5) is 31.7. The zero-order valence-electron chi connectivity index (χ0n) is 14.8. The number of benzene rings is 2. The Morgan fingerprint density at radius 1 is 0.929 bits per heavy atom. The molecule has 4 rings (SSSR count). The van der Waals surface area contributed by atoms with Gasteiger partial charge in [0.25, 0.3) is 11.5 Å². The van der Waals surface area contributed by atoms with Gasteiger partial charge in [-0.3, -0.25) is 9.59 Å². The quantitative estimate of drug-likeness (QED) is 0.533. The highest BCUT2D eigenvalue weighted by Gasteiger charge is 2.12. The summed E-state index contributed by atoms with van der Waals surface area (Å²) in [5.41, 5.74) is 2.28. The van der Waals surface area contributed by atoms with E-state index in [-0.39, 0.29) is 5.56 Å². The van der Waals surface area contributed by atoms with Gasteiger partial charge in [-0.25, -0.2) is 4.98 Å². The van der Waals surface area contributed by atoms with Gasteiger partial charge in [-0.2, -0.15) is 0 Å². The number of anilines is 1. The first-order valence-electron chi connectivity index (χ1n) is 8.65. The molecule has 0 bridgehead atoms. The van der Waals surface area contributed by atoms with Crippen molar-refractivity contribution in [1.82, 2.24) is 9.97 Å². The maximum absolute atomic E-state index is 12.6. The fourth-order valence-corrected chi connectivity index (χ4v) is 2.76. The Kier molecular flexibility index (Phi) is 4.68. The van der Waals surface area contributed by atoms with Crippen LogP contribution in [-0.2, 0) is 0 Å². The largest absolute Gasteiger partial charge is 0.322 e. The molecule has 134 valence electrons. The SMILES string of the molecule is O=C(Nc1cccc(C#Cc2ccccn2)c1)c1cc2ccccc2[nH]c1=O. The molecule has 0 saturated carbocycles. The topological polar surface area (TPSA) is 74.8 Å². The van der Waals surface area contributed by atoms with Crippen molar-refractivity contribution in [2.75, 3.05) is 5.32 Å². The van der Waals surface area contributed by atoms with Crippen LogP contribution in [0.15, 0.2) is 83.8 Å². The van der Waals surface area contributed by atoms with Crippen molar-refractivity contribution in [3.05, 3.63) is 106 Å². The first-order valence-corrected chi connectivity index (χ1v) is 8.65. The molecule has 0 aliphatic heterocycles. The van der Waals surface area contributed by atoms with Crippen molar-refractivity contribution in [3.63, 3.8) is 0 Å². The summed E-state index contributed by atoms with van der Waals surface area (Å²) in [6, 6.07) is 21.6. The molecule has 0 fully saturated rings.